The van der Waals surface area contributed by atoms with E-state index in [0.717, 1.165) is 46.9 Å². The molecule has 1 saturated heterocycles. The molecule has 2 bridgehead atoms. The van der Waals surface area contributed by atoms with E-state index in [2.05, 4.69) is 30.2 Å². The van der Waals surface area contributed by atoms with E-state index in [1.54, 1.807) is 6.20 Å². The predicted octanol–water partition coefficient (Wildman–Crippen LogP) is 5.04. The number of aromatic nitrogens is 3. The number of ether oxygens (including phenoxy) is 1. The highest BCUT2D eigenvalue weighted by molar-refractivity contribution is 6.33. The Bertz CT molecular complexity index is 1300. The van der Waals surface area contributed by atoms with Gasteiger partial charge in [-0.25, -0.2) is 9.97 Å². The van der Waals surface area contributed by atoms with Crippen LogP contribution in [0.4, 0.5) is 5.95 Å². The number of nitrogens with zero attached hydrogens (tertiary/aromatic N) is 3. The molecule has 3 aliphatic rings. The molecule has 3 aromatic rings. The molecule has 36 heavy (non-hydrogen) atoms. The van der Waals surface area contributed by atoms with Crippen LogP contribution in [-0.2, 0) is 10.3 Å². The third kappa shape index (κ3) is 4.06. The highest BCUT2D eigenvalue weighted by Gasteiger charge is 2.52. The summed E-state index contributed by atoms with van der Waals surface area (Å²) in [5, 5.41) is 26.8. The second-order valence-corrected chi connectivity index (χ2v) is 11.5. The maximum Gasteiger partial charge on any atom is 0.223 e. The van der Waals surface area contributed by atoms with E-state index in [-0.39, 0.29) is 12.0 Å². The van der Waals surface area contributed by atoms with E-state index >= 15 is 0 Å². The zero-order chi connectivity index (χ0) is 25.0. The Kier molecular flexibility index (Phi) is 6.15. The van der Waals surface area contributed by atoms with Crippen LogP contribution in [0.5, 0.6) is 0 Å². The van der Waals surface area contributed by atoms with E-state index in [1.165, 1.54) is 6.42 Å². The first-order valence-corrected chi connectivity index (χ1v) is 13.4. The molecule has 2 saturated carbocycles. The average molecular weight is 509 g/mol. The molecule has 2 aromatic heterocycles. The molecule has 1 aromatic carbocycles. The maximum atomic E-state index is 11.9. The Morgan fingerprint density at radius 3 is 2.75 bits per heavy atom. The van der Waals surface area contributed by atoms with Gasteiger partial charge in [0, 0.05) is 29.3 Å². The lowest BCUT2D eigenvalue weighted by atomic mass is 9.75. The first-order chi connectivity index (χ1) is 17.3. The summed E-state index contributed by atoms with van der Waals surface area (Å²) in [6, 6.07) is 5.90. The standard InChI is InChI=1S/C28H33ClN4O3/c1-15(2)25-19-10-17(26-21(29)13-31-27(33-26)32-23-7-8-36-14-24(23)34)4-6-22(19)30-12-20(25)28(35)11-16-3-5-18(28)9-16/h4,6,10,12-13,15-16,18,23-24,34-35H,3,5,7-9,11,14H2,1-2H3,(H,31,32,33)/t16?,18?,23-,24-,28?/m1/s1. The molecule has 6 rings (SSSR count). The number of hydrogen-bond acceptors (Lipinski definition) is 7. The van der Waals surface area contributed by atoms with Crippen molar-refractivity contribution in [1.29, 1.82) is 0 Å². The molecular weight excluding hydrogens is 476 g/mol. The van der Waals surface area contributed by atoms with E-state index in [4.69, 9.17) is 26.3 Å². The van der Waals surface area contributed by atoms with Crippen molar-refractivity contribution in [2.45, 2.75) is 69.6 Å². The van der Waals surface area contributed by atoms with Gasteiger partial charge in [-0.05, 0) is 67.6 Å². The van der Waals surface area contributed by atoms with Gasteiger partial charge in [0.25, 0.3) is 0 Å². The molecule has 3 heterocycles. The van der Waals surface area contributed by atoms with Gasteiger partial charge < -0.3 is 20.3 Å². The fraction of sp³-hybridized carbons (Fsp3) is 0.536. The van der Waals surface area contributed by atoms with Gasteiger partial charge in [0.2, 0.25) is 5.95 Å². The van der Waals surface area contributed by atoms with Crippen molar-refractivity contribution in [3.8, 4) is 11.3 Å². The Morgan fingerprint density at radius 1 is 1.17 bits per heavy atom. The molecule has 3 unspecified atom stereocenters. The number of rotatable bonds is 5. The van der Waals surface area contributed by atoms with Crippen LogP contribution in [-0.4, -0.2) is 50.5 Å². The lowest BCUT2D eigenvalue weighted by Crippen LogP contribution is -2.42. The minimum absolute atomic E-state index is 0.175. The minimum Gasteiger partial charge on any atom is -0.389 e. The number of halogens is 1. The van der Waals surface area contributed by atoms with Crippen molar-refractivity contribution >= 4 is 28.5 Å². The summed E-state index contributed by atoms with van der Waals surface area (Å²) in [5.41, 5.74) is 3.73. The number of fused-ring (bicyclic) bond motifs is 3. The molecule has 0 radical (unpaired) electrons. The molecule has 7 nitrogen and oxygen atoms in total. The summed E-state index contributed by atoms with van der Waals surface area (Å²) in [7, 11) is 0. The van der Waals surface area contributed by atoms with Crippen LogP contribution in [0.15, 0.2) is 30.6 Å². The first-order valence-electron chi connectivity index (χ1n) is 13.0. The first kappa shape index (κ1) is 24.0. The predicted molar refractivity (Wildman–Crippen MR) is 140 cm³/mol. The molecule has 190 valence electrons. The maximum absolute atomic E-state index is 11.9. The van der Waals surface area contributed by atoms with Crippen molar-refractivity contribution < 1.29 is 14.9 Å². The van der Waals surface area contributed by atoms with Crippen LogP contribution in [0, 0.1) is 11.8 Å². The van der Waals surface area contributed by atoms with E-state index in [1.807, 2.05) is 18.3 Å². The molecular formula is C28H33ClN4O3. The number of anilines is 1. The number of aliphatic hydroxyl groups is 2. The lowest BCUT2D eigenvalue weighted by molar-refractivity contribution is -0.0193. The number of pyridine rings is 1. The summed E-state index contributed by atoms with van der Waals surface area (Å²) in [4.78, 5) is 13.8. The van der Waals surface area contributed by atoms with Gasteiger partial charge in [0.1, 0.15) is 0 Å². The third-order valence-electron chi connectivity index (χ3n) is 8.43. The van der Waals surface area contributed by atoms with Crippen molar-refractivity contribution in [3.05, 3.63) is 46.7 Å². The summed E-state index contributed by atoms with van der Waals surface area (Å²) in [5.74, 6) is 1.57. The molecule has 0 amide bonds. The fourth-order valence-electron chi connectivity index (χ4n) is 6.65. The van der Waals surface area contributed by atoms with Crippen molar-refractivity contribution in [1.82, 2.24) is 15.0 Å². The lowest BCUT2D eigenvalue weighted by Gasteiger charge is -2.35. The van der Waals surface area contributed by atoms with Gasteiger partial charge >= 0.3 is 0 Å². The molecule has 3 N–H and O–H groups in total. The van der Waals surface area contributed by atoms with E-state index in [9.17, 15) is 10.2 Å². The Hall–Kier alpha value is -2.32. The molecule has 5 atom stereocenters. The highest BCUT2D eigenvalue weighted by Crippen LogP contribution is 2.57. The molecule has 2 aliphatic carbocycles. The summed E-state index contributed by atoms with van der Waals surface area (Å²) < 4.78 is 5.33. The van der Waals surface area contributed by atoms with Crippen molar-refractivity contribution in [3.63, 3.8) is 0 Å². The second-order valence-electron chi connectivity index (χ2n) is 11.0. The topological polar surface area (TPSA) is 100 Å². The monoisotopic (exact) mass is 508 g/mol. The van der Waals surface area contributed by atoms with Crippen LogP contribution in [0.3, 0.4) is 0 Å². The van der Waals surface area contributed by atoms with E-state index < -0.39 is 11.7 Å². The van der Waals surface area contributed by atoms with Crippen molar-refractivity contribution in [2.75, 3.05) is 18.5 Å². The zero-order valence-corrected chi connectivity index (χ0v) is 21.5. The van der Waals surface area contributed by atoms with Gasteiger partial charge in [-0.3, -0.25) is 4.98 Å². The van der Waals surface area contributed by atoms with Crippen LogP contribution in [0.2, 0.25) is 5.02 Å². The number of aliphatic hydroxyl groups excluding tert-OH is 1. The van der Waals surface area contributed by atoms with Crippen LogP contribution >= 0.6 is 11.6 Å². The Morgan fingerprint density at radius 2 is 2.03 bits per heavy atom. The Labute approximate surface area is 216 Å². The minimum atomic E-state index is -0.798. The zero-order valence-electron chi connectivity index (χ0n) is 20.7. The van der Waals surface area contributed by atoms with Gasteiger partial charge in [-0.1, -0.05) is 31.5 Å². The average Bonchev–Trinajstić information content (AvgIpc) is 3.47. The van der Waals surface area contributed by atoms with Crippen LogP contribution < -0.4 is 5.32 Å². The molecule has 0 spiro atoms. The quantitative estimate of drug-likeness (QED) is 0.444. The number of nitrogens with one attached hydrogen (secondary N) is 1. The summed E-state index contributed by atoms with van der Waals surface area (Å²) in [6.07, 6.45) is 7.82. The summed E-state index contributed by atoms with van der Waals surface area (Å²) >= 11 is 6.58. The van der Waals surface area contributed by atoms with Gasteiger partial charge in [-0.15, -0.1) is 0 Å². The van der Waals surface area contributed by atoms with Crippen LogP contribution in [0.1, 0.15) is 63.0 Å². The van der Waals surface area contributed by atoms with Crippen molar-refractivity contribution in [2.24, 2.45) is 11.8 Å². The molecule has 8 heteroatoms. The van der Waals surface area contributed by atoms with Gasteiger partial charge in [0.15, 0.2) is 0 Å². The van der Waals surface area contributed by atoms with Gasteiger partial charge in [-0.2, -0.15) is 0 Å². The van der Waals surface area contributed by atoms with Crippen LogP contribution in [0.25, 0.3) is 22.2 Å². The normalized spacial score (nSPS) is 29.8. The largest absolute Gasteiger partial charge is 0.389 e. The number of benzene rings is 1. The third-order valence-corrected chi connectivity index (χ3v) is 8.70. The Balaban J connectivity index is 1.42. The molecule has 3 fully saturated rings. The summed E-state index contributed by atoms with van der Waals surface area (Å²) in [6.45, 7) is 5.24. The molecule has 1 aliphatic heterocycles. The fourth-order valence-corrected chi connectivity index (χ4v) is 6.85. The smallest absolute Gasteiger partial charge is 0.223 e. The number of hydrogen-bond donors (Lipinski definition) is 3. The highest BCUT2D eigenvalue weighted by atomic mass is 35.5. The second kappa shape index (κ2) is 9.21. The van der Waals surface area contributed by atoms with Gasteiger partial charge in [0.05, 0.1) is 46.8 Å². The van der Waals surface area contributed by atoms with E-state index in [0.29, 0.717) is 48.1 Å². The SMILES string of the molecule is CC(C)c1c(C2(O)CC3CCC2C3)cnc2ccc(-c3nc(N[C@@H]4CCOC[C@H]4O)ncc3Cl)cc12.